The van der Waals surface area contributed by atoms with Crippen molar-refractivity contribution in [3.63, 3.8) is 0 Å². The molecule has 1 saturated heterocycles. The normalized spacial score (nSPS) is 19.5. The van der Waals surface area contributed by atoms with Gasteiger partial charge in [0.1, 0.15) is 10.6 Å². The molecule has 0 radical (unpaired) electrons. The summed E-state index contributed by atoms with van der Waals surface area (Å²) in [6.07, 6.45) is 2.40. The zero-order valence-electron chi connectivity index (χ0n) is 15.9. The van der Waals surface area contributed by atoms with Gasteiger partial charge in [0.15, 0.2) is 6.54 Å². The monoisotopic (exact) mass is 387 g/mol. The maximum atomic E-state index is 12.6. The highest BCUT2D eigenvalue weighted by atomic mass is 32.1. The Bertz CT molecular complexity index is 788. The molecule has 6 heteroatoms. The molecule has 2 atom stereocenters. The Morgan fingerprint density at radius 2 is 2.07 bits per heavy atom. The minimum absolute atomic E-state index is 0.0499. The fourth-order valence-corrected chi connectivity index (χ4v) is 4.62. The molecule has 1 fully saturated rings. The topological polar surface area (TPSA) is 59.8 Å². The van der Waals surface area contributed by atoms with Crippen LogP contribution in [0, 0.1) is 5.92 Å². The van der Waals surface area contributed by atoms with Gasteiger partial charge in [-0.2, -0.15) is 0 Å². The van der Waals surface area contributed by atoms with E-state index in [9.17, 15) is 9.59 Å². The van der Waals surface area contributed by atoms with Crippen LogP contribution in [0.25, 0.3) is 11.1 Å². The third-order valence-electron chi connectivity index (χ3n) is 4.88. The van der Waals surface area contributed by atoms with E-state index in [0.717, 1.165) is 30.6 Å². The number of benzene rings is 1. The summed E-state index contributed by atoms with van der Waals surface area (Å²) in [5, 5.41) is 5.44. The van der Waals surface area contributed by atoms with E-state index >= 15 is 0 Å². The van der Waals surface area contributed by atoms with E-state index in [0.29, 0.717) is 29.6 Å². The van der Waals surface area contributed by atoms with Crippen LogP contribution in [0.2, 0.25) is 0 Å². The SMILES string of the molecule is CCOC(=O)c1c(-c2ccccc2)csc1NC(=O)C[NH+]1CCC[C@@H](C)C1. The molecule has 5 nitrogen and oxygen atoms in total. The molecule has 144 valence electrons. The van der Waals surface area contributed by atoms with Crippen molar-refractivity contribution in [2.45, 2.75) is 26.7 Å². The summed E-state index contributed by atoms with van der Waals surface area (Å²) in [5.41, 5.74) is 2.18. The number of amides is 1. The van der Waals surface area contributed by atoms with Crippen molar-refractivity contribution in [2.75, 3.05) is 31.6 Å². The number of hydrogen-bond donors (Lipinski definition) is 2. The van der Waals surface area contributed by atoms with Crippen molar-refractivity contribution in [1.82, 2.24) is 0 Å². The number of esters is 1. The van der Waals surface area contributed by atoms with Gasteiger partial charge in [-0.05, 0) is 25.3 Å². The second-order valence-corrected chi connectivity index (χ2v) is 8.00. The third kappa shape index (κ3) is 4.96. The molecule has 0 saturated carbocycles. The van der Waals surface area contributed by atoms with Gasteiger partial charge < -0.3 is 15.0 Å². The second kappa shape index (κ2) is 9.15. The fraction of sp³-hybridized carbons (Fsp3) is 0.429. The molecule has 1 aliphatic heterocycles. The minimum Gasteiger partial charge on any atom is -0.462 e. The van der Waals surface area contributed by atoms with Crippen LogP contribution >= 0.6 is 11.3 Å². The number of quaternary nitrogens is 1. The van der Waals surface area contributed by atoms with E-state index in [2.05, 4.69) is 12.2 Å². The van der Waals surface area contributed by atoms with Gasteiger partial charge in [-0.1, -0.05) is 37.3 Å². The molecule has 0 bridgehead atoms. The predicted molar refractivity (Wildman–Crippen MR) is 108 cm³/mol. The van der Waals surface area contributed by atoms with Crippen molar-refractivity contribution in [3.8, 4) is 11.1 Å². The summed E-state index contributed by atoms with van der Waals surface area (Å²) in [4.78, 5) is 26.5. The molecule has 1 amide bonds. The van der Waals surface area contributed by atoms with Gasteiger partial charge in [0.05, 0.1) is 19.7 Å². The first-order valence-corrected chi connectivity index (χ1v) is 10.4. The summed E-state index contributed by atoms with van der Waals surface area (Å²) in [5.74, 6) is 0.209. The summed E-state index contributed by atoms with van der Waals surface area (Å²) in [6.45, 7) is 6.81. The zero-order chi connectivity index (χ0) is 19.2. The summed E-state index contributed by atoms with van der Waals surface area (Å²) in [6, 6.07) is 9.71. The van der Waals surface area contributed by atoms with Crippen LogP contribution in [-0.4, -0.2) is 38.1 Å². The number of anilines is 1. The highest BCUT2D eigenvalue weighted by Gasteiger charge is 2.25. The Morgan fingerprint density at radius 1 is 1.30 bits per heavy atom. The molecule has 0 spiro atoms. The van der Waals surface area contributed by atoms with E-state index < -0.39 is 5.97 Å². The first-order chi connectivity index (χ1) is 13.1. The number of likely N-dealkylation sites (tertiary alicyclic amines) is 1. The minimum atomic E-state index is -0.396. The lowest BCUT2D eigenvalue weighted by molar-refractivity contribution is -0.900. The first kappa shape index (κ1) is 19.6. The van der Waals surface area contributed by atoms with E-state index in [-0.39, 0.29) is 5.91 Å². The molecule has 1 aromatic heterocycles. The van der Waals surface area contributed by atoms with Gasteiger partial charge in [0.25, 0.3) is 5.91 Å². The van der Waals surface area contributed by atoms with Gasteiger partial charge in [0.2, 0.25) is 0 Å². The van der Waals surface area contributed by atoms with Gasteiger partial charge in [-0.15, -0.1) is 11.3 Å². The lowest BCUT2D eigenvalue weighted by Gasteiger charge is -2.27. The van der Waals surface area contributed by atoms with Gasteiger partial charge in [-0.25, -0.2) is 4.79 Å². The molecule has 1 aromatic carbocycles. The maximum Gasteiger partial charge on any atom is 0.341 e. The van der Waals surface area contributed by atoms with Crippen molar-refractivity contribution >= 4 is 28.2 Å². The number of thiophene rings is 1. The number of rotatable bonds is 6. The number of hydrogen-bond acceptors (Lipinski definition) is 4. The smallest absolute Gasteiger partial charge is 0.341 e. The molecule has 27 heavy (non-hydrogen) atoms. The summed E-state index contributed by atoms with van der Waals surface area (Å²) < 4.78 is 5.25. The van der Waals surface area contributed by atoms with E-state index in [1.165, 1.54) is 22.7 Å². The summed E-state index contributed by atoms with van der Waals surface area (Å²) in [7, 11) is 0. The molecule has 2 aromatic rings. The predicted octanol–water partition coefficient (Wildman–Crippen LogP) is 2.85. The highest BCUT2D eigenvalue weighted by molar-refractivity contribution is 7.15. The Balaban J connectivity index is 1.79. The lowest BCUT2D eigenvalue weighted by Crippen LogP contribution is -3.14. The van der Waals surface area contributed by atoms with Gasteiger partial charge in [-0.3, -0.25) is 4.79 Å². The van der Waals surface area contributed by atoms with Crippen LogP contribution < -0.4 is 10.2 Å². The fourth-order valence-electron chi connectivity index (χ4n) is 3.64. The molecular weight excluding hydrogens is 360 g/mol. The van der Waals surface area contributed by atoms with E-state index in [4.69, 9.17) is 4.74 Å². The largest absolute Gasteiger partial charge is 0.462 e. The molecule has 1 aliphatic rings. The Morgan fingerprint density at radius 3 is 2.78 bits per heavy atom. The maximum absolute atomic E-state index is 12.6. The van der Waals surface area contributed by atoms with E-state index in [1.54, 1.807) is 6.92 Å². The molecule has 3 rings (SSSR count). The molecule has 0 aliphatic carbocycles. The average Bonchev–Trinajstić information content (AvgIpc) is 3.06. The number of ether oxygens (including phenoxy) is 1. The average molecular weight is 388 g/mol. The Labute approximate surface area is 164 Å². The van der Waals surface area contributed by atoms with E-state index in [1.807, 2.05) is 35.7 Å². The number of carbonyl (C=O) groups excluding carboxylic acids is 2. The number of carbonyl (C=O) groups is 2. The van der Waals surface area contributed by atoms with Crippen LogP contribution in [0.3, 0.4) is 0 Å². The van der Waals surface area contributed by atoms with Crippen LogP contribution in [-0.2, 0) is 9.53 Å². The lowest BCUT2D eigenvalue weighted by atomic mass is 10.0. The molecule has 2 N–H and O–H groups in total. The second-order valence-electron chi connectivity index (χ2n) is 7.12. The van der Waals surface area contributed by atoms with Crippen LogP contribution in [0.4, 0.5) is 5.00 Å². The highest BCUT2D eigenvalue weighted by Crippen LogP contribution is 2.36. The van der Waals surface area contributed by atoms with Crippen molar-refractivity contribution in [1.29, 1.82) is 0 Å². The quantitative estimate of drug-likeness (QED) is 0.750. The van der Waals surface area contributed by atoms with Crippen molar-refractivity contribution in [2.24, 2.45) is 5.92 Å². The standard InChI is InChI=1S/C21H26N2O3S/c1-3-26-21(25)19-17(16-9-5-4-6-10-16)14-27-20(19)22-18(24)13-23-11-7-8-15(2)12-23/h4-6,9-10,14-15H,3,7-8,11-13H2,1-2H3,(H,22,24)/p+1/t15-/m1/s1. The van der Waals surface area contributed by atoms with Crippen molar-refractivity contribution in [3.05, 3.63) is 41.3 Å². The van der Waals surface area contributed by atoms with Gasteiger partial charge in [0, 0.05) is 16.9 Å². The van der Waals surface area contributed by atoms with Crippen LogP contribution in [0.5, 0.6) is 0 Å². The Hall–Kier alpha value is -2.18. The van der Waals surface area contributed by atoms with Crippen molar-refractivity contribution < 1.29 is 19.2 Å². The van der Waals surface area contributed by atoms with Crippen LogP contribution in [0.15, 0.2) is 35.7 Å². The zero-order valence-corrected chi connectivity index (χ0v) is 16.7. The molecular formula is C21H27N2O3S+. The summed E-state index contributed by atoms with van der Waals surface area (Å²) >= 11 is 1.37. The van der Waals surface area contributed by atoms with Crippen LogP contribution in [0.1, 0.15) is 37.0 Å². The Kier molecular flexibility index (Phi) is 6.63. The number of piperidine rings is 1. The molecule has 2 heterocycles. The first-order valence-electron chi connectivity index (χ1n) is 9.56. The third-order valence-corrected chi connectivity index (χ3v) is 5.78. The number of nitrogens with one attached hydrogen (secondary N) is 2. The molecule has 1 unspecified atom stereocenters. The van der Waals surface area contributed by atoms with Gasteiger partial charge >= 0.3 is 5.97 Å².